The molecule has 10 nitrogen and oxygen atoms in total. The number of aromatic nitrogens is 5. The number of hydrogen-bond donors (Lipinski definition) is 0. The van der Waals surface area contributed by atoms with Crippen molar-refractivity contribution in [3.63, 3.8) is 0 Å². The van der Waals surface area contributed by atoms with Gasteiger partial charge in [0.25, 0.3) is 0 Å². The standard InChI is InChI=1S/C26H28N8O2/c1-16-4-6-20(17(2)25(16)27-3)23-13-32-8-9-33(12-19(32)14-36-23)26(35)21-7-5-18-10-24(28-11-22(18)21)34-15-29-30-31-34/h4,6,10-11,15,19,21,23H,5,7-9,12-14H2,1-2H3/t19-,21?,23-/m1/s1. The Hall–Kier alpha value is -3.68. The number of hydrogen-bond acceptors (Lipinski definition) is 7. The van der Waals surface area contributed by atoms with Gasteiger partial charge in [-0.1, -0.05) is 12.1 Å². The molecule has 184 valence electrons. The highest BCUT2D eigenvalue weighted by atomic mass is 16.5. The summed E-state index contributed by atoms with van der Waals surface area (Å²) in [6, 6.07) is 6.28. The van der Waals surface area contributed by atoms with Crippen LogP contribution in [-0.4, -0.2) is 79.7 Å². The van der Waals surface area contributed by atoms with Crippen molar-refractivity contribution in [3.05, 3.63) is 70.0 Å². The number of benzene rings is 1. The lowest BCUT2D eigenvalue weighted by Crippen LogP contribution is -2.60. The highest BCUT2D eigenvalue weighted by Crippen LogP contribution is 2.37. The third-order valence-electron chi connectivity index (χ3n) is 7.91. The Morgan fingerprint density at radius 3 is 2.89 bits per heavy atom. The molecule has 0 N–H and O–H groups in total. The van der Waals surface area contributed by atoms with Crippen LogP contribution in [0.2, 0.25) is 0 Å². The van der Waals surface area contributed by atoms with Crippen LogP contribution in [0.15, 0.2) is 30.7 Å². The molecule has 0 bridgehead atoms. The van der Waals surface area contributed by atoms with Gasteiger partial charge in [-0.15, -0.1) is 5.10 Å². The monoisotopic (exact) mass is 484 g/mol. The molecule has 10 heteroatoms. The zero-order chi connectivity index (χ0) is 24.8. The third kappa shape index (κ3) is 3.85. The second-order valence-electron chi connectivity index (χ2n) is 9.90. The molecular weight excluding hydrogens is 456 g/mol. The number of carbonyl (C=O) groups is 1. The van der Waals surface area contributed by atoms with Crippen LogP contribution in [0.5, 0.6) is 0 Å². The maximum atomic E-state index is 13.6. The largest absolute Gasteiger partial charge is 0.371 e. The van der Waals surface area contributed by atoms with E-state index in [1.165, 1.54) is 11.0 Å². The van der Waals surface area contributed by atoms with E-state index >= 15 is 0 Å². The summed E-state index contributed by atoms with van der Waals surface area (Å²) in [5, 5.41) is 11.3. The Balaban J connectivity index is 1.12. The Bertz CT molecular complexity index is 1350. The molecule has 2 aromatic heterocycles. The quantitative estimate of drug-likeness (QED) is 0.528. The maximum Gasteiger partial charge on any atom is 0.230 e. The van der Waals surface area contributed by atoms with Gasteiger partial charge in [0.05, 0.1) is 31.2 Å². The lowest BCUT2D eigenvalue weighted by molar-refractivity contribution is -0.141. The minimum absolute atomic E-state index is 0.0493. The molecular formula is C26H28N8O2. The van der Waals surface area contributed by atoms with E-state index in [9.17, 15) is 4.79 Å². The van der Waals surface area contributed by atoms with Gasteiger partial charge in [-0.2, -0.15) is 4.68 Å². The summed E-state index contributed by atoms with van der Waals surface area (Å²) in [4.78, 5) is 26.2. The van der Waals surface area contributed by atoms with Crippen LogP contribution in [0.4, 0.5) is 5.69 Å². The van der Waals surface area contributed by atoms with E-state index in [1.807, 2.05) is 37.1 Å². The summed E-state index contributed by atoms with van der Waals surface area (Å²) in [7, 11) is 0. The van der Waals surface area contributed by atoms with Crippen molar-refractivity contribution in [2.75, 3.05) is 32.8 Å². The van der Waals surface area contributed by atoms with Gasteiger partial charge >= 0.3 is 0 Å². The highest BCUT2D eigenvalue weighted by Gasteiger charge is 2.39. The number of pyridine rings is 1. The number of fused-ring (bicyclic) bond motifs is 2. The normalized spacial score (nSPS) is 23.7. The van der Waals surface area contributed by atoms with Crippen LogP contribution in [0.3, 0.4) is 0 Å². The summed E-state index contributed by atoms with van der Waals surface area (Å²) in [5.74, 6) is 0.701. The molecule has 1 aliphatic carbocycles. The topological polar surface area (TPSA) is 93.6 Å². The first-order valence-electron chi connectivity index (χ1n) is 12.4. The number of amides is 1. The second kappa shape index (κ2) is 9.08. The molecule has 0 saturated carbocycles. The van der Waals surface area contributed by atoms with Gasteiger partial charge in [0.1, 0.15) is 6.33 Å². The molecule has 3 aliphatic rings. The van der Waals surface area contributed by atoms with Crippen LogP contribution in [0.25, 0.3) is 10.7 Å². The first-order chi connectivity index (χ1) is 17.5. The van der Waals surface area contributed by atoms with E-state index in [0.717, 1.165) is 59.4 Å². The van der Waals surface area contributed by atoms with Crippen molar-refractivity contribution in [2.45, 2.75) is 44.8 Å². The Morgan fingerprint density at radius 1 is 1.19 bits per heavy atom. The van der Waals surface area contributed by atoms with Crippen molar-refractivity contribution < 1.29 is 9.53 Å². The van der Waals surface area contributed by atoms with Crippen LogP contribution < -0.4 is 0 Å². The fraction of sp³-hybridized carbons (Fsp3) is 0.462. The molecule has 2 fully saturated rings. The molecule has 6 rings (SSSR count). The summed E-state index contributed by atoms with van der Waals surface area (Å²) in [5.41, 5.74) is 6.00. The van der Waals surface area contributed by atoms with Gasteiger partial charge in [0.15, 0.2) is 11.5 Å². The lowest BCUT2D eigenvalue weighted by Gasteiger charge is -2.46. The van der Waals surface area contributed by atoms with Crippen molar-refractivity contribution in [1.29, 1.82) is 0 Å². The van der Waals surface area contributed by atoms with E-state index in [4.69, 9.17) is 11.3 Å². The highest BCUT2D eigenvalue weighted by molar-refractivity contribution is 5.85. The Morgan fingerprint density at radius 2 is 2.08 bits per heavy atom. The molecule has 1 aromatic carbocycles. The first kappa shape index (κ1) is 22.8. The van der Waals surface area contributed by atoms with Crippen molar-refractivity contribution in [1.82, 2.24) is 35.0 Å². The molecule has 3 atom stereocenters. The minimum atomic E-state index is -0.151. The fourth-order valence-corrected chi connectivity index (χ4v) is 5.89. The van der Waals surface area contributed by atoms with Gasteiger partial charge in [-0.05, 0) is 71.0 Å². The number of morpholine rings is 1. The van der Waals surface area contributed by atoms with Crippen LogP contribution in [-0.2, 0) is 16.0 Å². The molecule has 2 aliphatic heterocycles. The van der Waals surface area contributed by atoms with E-state index < -0.39 is 0 Å². The number of rotatable bonds is 3. The van der Waals surface area contributed by atoms with Gasteiger partial charge in [-0.3, -0.25) is 9.69 Å². The molecule has 0 radical (unpaired) electrons. The van der Waals surface area contributed by atoms with Gasteiger partial charge in [-0.25, -0.2) is 9.83 Å². The number of nitrogens with zero attached hydrogens (tertiary/aromatic N) is 8. The molecule has 4 heterocycles. The average molecular weight is 485 g/mol. The number of piperazine rings is 1. The molecule has 3 aromatic rings. The first-order valence-corrected chi connectivity index (χ1v) is 12.4. The third-order valence-corrected chi connectivity index (χ3v) is 7.91. The number of tetrazole rings is 1. The molecule has 1 unspecified atom stereocenters. The second-order valence-corrected chi connectivity index (χ2v) is 9.90. The summed E-state index contributed by atoms with van der Waals surface area (Å²) >= 11 is 0. The Labute approximate surface area is 209 Å². The van der Waals surface area contributed by atoms with E-state index in [-0.39, 0.29) is 24.0 Å². The number of aryl methyl sites for hydroxylation is 2. The Kier molecular flexibility index (Phi) is 5.74. The summed E-state index contributed by atoms with van der Waals surface area (Å²) < 4.78 is 7.83. The summed E-state index contributed by atoms with van der Waals surface area (Å²) in [6.07, 6.45) is 4.93. The smallest absolute Gasteiger partial charge is 0.230 e. The van der Waals surface area contributed by atoms with E-state index in [1.54, 1.807) is 0 Å². The molecule has 1 amide bonds. The zero-order valence-electron chi connectivity index (χ0n) is 20.5. The van der Waals surface area contributed by atoms with Crippen LogP contribution in [0, 0.1) is 20.4 Å². The van der Waals surface area contributed by atoms with Crippen molar-refractivity contribution >= 4 is 11.6 Å². The van der Waals surface area contributed by atoms with Gasteiger partial charge in [0, 0.05) is 32.4 Å². The number of ether oxygens (including phenoxy) is 1. The number of carbonyl (C=O) groups excluding carboxylic acids is 1. The van der Waals surface area contributed by atoms with E-state index in [0.29, 0.717) is 25.5 Å². The molecule has 36 heavy (non-hydrogen) atoms. The van der Waals surface area contributed by atoms with Crippen molar-refractivity contribution in [2.24, 2.45) is 0 Å². The molecule has 2 saturated heterocycles. The van der Waals surface area contributed by atoms with E-state index in [2.05, 4.69) is 36.3 Å². The molecule has 0 spiro atoms. The van der Waals surface area contributed by atoms with Crippen molar-refractivity contribution in [3.8, 4) is 5.82 Å². The van der Waals surface area contributed by atoms with Crippen LogP contribution in [0.1, 0.15) is 46.3 Å². The zero-order valence-corrected chi connectivity index (χ0v) is 20.5. The lowest BCUT2D eigenvalue weighted by atomic mass is 9.96. The minimum Gasteiger partial charge on any atom is -0.371 e. The van der Waals surface area contributed by atoms with Gasteiger partial charge < -0.3 is 9.64 Å². The average Bonchev–Trinajstić information content (AvgIpc) is 3.58. The summed E-state index contributed by atoms with van der Waals surface area (Å²) in [6.45, 7) is 15.1. The SMILES string of the molecule is [C-]#[N+]c1c(C)ccc([C@H]2CN3CCN(C(=O)C4CCc5cc(-n6cnnn6)ncc54)C[C@@H]3CO2)c1C. The van der Waals surface area contributed by atoms with Gasteiger partial charge in [0.2, 0.25) is 5.91 Å². The maximum absolute atomic E-state index is 13.6. The fourth-order valence-electron chi connectivity index (χ4n) is 5.89. The predicted molar refractivity (Wildman–Crippen MR) is 131 cm³/mol. The van der Waals surface area contributed by atoms with Crippen LogP contribution >= 0.6 is 0 Å². The predicted octanol–water partition coefficient (Wildman–Crippen LogP) is 2.54.